The number of carbonyl (C=O) groups excluding carboxylic acids is 1. The van der Waals surface area contributed by atoms with E-state index in [2.05, 4.69) is 10.2 Å². The van der Waals surface area contributed by atoms with E-state index in [9.17, 15) is 4.79 Å². The summed E-state index contributed by atoms with van der Waals surface area (Å²) in [5.41, 5.74) is 8.49. The van der Waals surface area contributed by atoms with Crippen molar-refractivity contribution in [2.75, 3.05) is 12.3 Å². The van der Waals surface area contributed by atoms with Crippen molar-refractivity contribution in [2.45, 2.75) is 20.0 Å². The lowest BCUT2D eigenvalue weighted by atomic mass is 10.1. The molecule has 2 N–H and O–H groups in total. The van der Waals surface area contributed by atoms with Crippen LogP contribution in [0.15, 0.2) is 48.9 Å². The third kappa shape index (κ3) is 3.45. The summed E-state index contributed by atoms with van der Waals surface area (Å²) in [6, 6.07) is 10.0. The van der Waals surface area contributed by atoms with Crippen molar-refractivity contribution in [1.29, 1.82) is 0 Å². The molecule has 24 heavy (non-hydrogen) atoms. The van der Waals surface area contributed by atoms with E-state index in [-0.39, 0.29) is 0 Å². The van der Waals surface area contributed by atoms with Gasteiger partial charge >= 0.3 is 5.97 Å². The molecule has 0 spiro atoms. The highest BCUT2D eigenvalue weighted by Crippen LogP contribution is 2.15. The molecule has 0 fully saturated rings. The summed E-state index contributed by atoms with van der Waals surface area (Å²) >= 11 is 0. The molecule has 0 aliphatic carbocycles. The molecule has 0 radical (unpaired) electrons. The maximum absolute atomic E-state index is 11.8. The molecular weight excluding hydrogens is 306 g/mol. The van der Waals surface area contributed by atoms with Crippen molar-refractivity contribution in [2.24, 2.45) is 0 Å². The summed E-state index contributed by atoms with van der Waals surface area (Å²) in [5, 5.41) is 8.36. The zero-order valence-electron chi connectivity index (χ0n) is 13.4. The number of anilines is 1. The first-order chi connectivity index (χ1) is 11.7. The third-order valence-corrected chi connectivity index (χ3v) is 3.63. The Morgan fingerprint density at radius 3 is 2.50 bits per heavy atom. The first kappa shape index (κ1) is 15.8. The number of nitrogens with zero attached hydrogens (tertiary/aromatic N) is 4. The number of esters is 1. The second-order valence-corrected chi connectivity index (χ2v) is 5.34. The fourth-order valence-electron chi connectivity index (χ4n) is 2.39. The van der Waals surface area contributed by atoms with E-state index in [1.807, 2.05) is 41.2 Å². The van der Waals surface area contributed by atoms with E-state index in [1.54, 1.807) is 17.8 Å². The molecule has 0 amide bonds. The monoisotopic (exact) mass is 325 g/mol. The van der Waals surface area contributed by atoms with Gasteiger partial charge in [0.1, 0.15) is 11.4 Å². The molecule has 0 saturated heterocycles. The van der Waals surface area contributed by atoms with Crippen LogP contribution in [0, 0.1) is 0 Å². The van der Waals surface area contributed by atoms with Crippen molar-refractivity contribution in [3.63, 3.8) is 0 Å². The first-order valence-corrected chi connectivity index (χ1v) is 7.71. The van der Waals surface area contributed by atoms with E-state index in [0.29, 0.717) is 24.5 Å². The van der Waals surface area contributed by atoms with E-state index in [1.165, 1.54) is 6.20 Å². The van der Waals surface area contributed by atoms with Crippen molar-refractivity contribution in [3.8, 4) is 0 Å². The minimum atomic E-state index is -0.448. The predicted octanol–water partition coefficient (Wildman–Crippen LogP) is 1.94. The number of hydrogen-bond acceptors (Lipinski definition) is 5. The minimum absolute atomic E-state index is 0.298. The molecule has 7 nitrogen and oxygen atoms in total. The second-order valence-electron chi connectivity index (χ2n) is 5.34. The molecule has 2 heterocycles. The molecule has 0 unspecified atom stereocenters. The summed E-state index contributed by atoms with van der Waals surface area (Å²) in [6.45, 7) is 3.28. The fraction of sp³-hybridized carbons (Fsp3) is 0.235. The number of aromatic nitrogens is 4. The van der Waals surface area contributed by atoms with E-state index in [4.69, 9.17) is 10.5 Å². The standard InChI is InChI=1S/C17H19N5O2/c1-2-24-17(23)15-10-20-22(16(15)18)12-14-6-4-13(5-7-14)11-21-9-3-8-19-21/h3-10H,2,11-12,18H2,1H3. The van der Waals surface area contributed by atoms with Crippen molar-refractivity contribution in [1.82, 2.24) is 19.6 Å². The fourth-order valence-corrected chi connectivity index (χ4v) is 2.39. The number of nitrogen functional groups attached to an aromatic ring is 1. The Bertz CT molecular complexity index is 806. The Balaban J connectivity index is 1.69. The molecule has 1 aromatic carbocycles. The second kappa shape index (κ2) is 6.99. The molecule has 124 valence electrons. The van der Waals surface area contributed by atoms with Gasteiger partial charge in [-0.05, 0) is 24.1 Å². The molecule has 3 aromatic rings. The highest BCUT2D eigenvalue weighted by atomic mass is 16.5. The van der Waals surface area contributed by atoms with Crippen LogP contribution in [0.5, 0.6) is 0 Å². The van der Waals surface area contributed by atoms with Crippen LogP contribution in [-0.4, -0.2) is 32.1 Å². The lowest BCUT2D eigenvalue weighted by Gasteiger charge is -2.07. The number of benzene rings is 1. The molecule has 0 bridgehead atoms. The zero-order valence-corrected chi connectivity index (χ0v) is 13.4. The van der Waals surface area contributed by atoms with Crippen LogP contribution in [0.4, 0.5) is 5.82 Å². The topological polar surface area (TPSA) is 88.0 Å². The smallest absolute Gasteiger partial charge is 0.343 e. The summed E-state index contributed by atoms with van der Waals surface area (Å²) < 4.78 is 8.42. The third-order valence-electron chi connectivity index (χ3n) is 3.63. The molecule has 3 rings (SSSR count). The Morgan fingerprint density at radius 2 is 1.88 bits per heavy atom. The minimum Gasteiger partial charge on any atom is -0.462 e. The largest absolute Gasteiger partial charge is 0.462 e. The zero-order chi connectivity index (χ0) is 16.9. The Morgan fingerprint density at radius 1 is 1.17 bits per heavy atom. The van der Waals surface area contributed by atoms with Crippen molar-refractivity contribution in [3.05, 3.63) is 65.6 Å². The lowest BCUT2D eigenvalue weighted by molar-refractivity contribution is 0.0527. The van der Waals surface area contributed by atoms with Crippen molar-refractivity contribution < 1.29 is 9.53 Å². The summed E-state index contributed by atoms with van der Waals surface area (Å²) in [7, 11) is 0. The van der Waals surface area contributed by atoms with E-state index >= 15 is 0 Å². The van der Waals surface area contributed by atoms with Gasteiger partial charge in [-0.15, -0.1) is 0 Å². The highest BCUT2D eigenvalue weighted by Gasteiger charge is 2.16. The molecule has 0 aliphatic rings. The molecule has 0 saturated carbocycles. The van der Waals surface area contributed by atoms with Gasteiger partial charge in [0.15, 0.2) is 0 Å². The average molecular weight is 325 g/mol. The summed E-state index contributed by atoms with van der Waals surface area (Å²) in [4.78, 5) is 11.8. The molecule has 0 atom stereocenters. The Kier molecular flexibility index (Phi) is 4.60. The number of rotatable bonds is 6. The van der Waals surface area contributed by atoms with Gasteiger partial charge in [0.05, 0.1) is 25.9 Å². The van der Waals surface area contributed by atoms with E-state index < -0.39 is 5.97 Å². The van der Waals surface area contributed by atoms with Gasteiger partial charge in [-0.1, -0.05) is 24.3 Å². The number of nitrogens with two attached hydrogens (primary N) is 1. The Hall–Kier alpha value is -3.09. The van der Waals surface area contributed by atoms with Gasteiger partial charge < -0.3 is 10.5 Å². The van der Waals surface area contributed by atoms with Gasteiger partial charge in [0.25, 0.3) is 0 Å². The number of carbonyl (C=O) groups is 1. The normalized spacial score (nSPS) is 10.7. The van der Waals surface area contributed by atoms with Gasteiger partial charge in [-0.25, -0.2) is 9.48 Å². The summed E-state index contributed by atoms with van der Waals surface area (Å²) in [6.07, 6.45) is 5.13. The molecule has 0 aliphatic heterocycles. The quantitative estimate of drug-likeness (QED) is 0.700. The van der Waals surface area contributed by atoms with Crippen LogP contribution in [-0.2, 0) is 17.8 Å². The number of hydrogen-bond donors (Lipinski definition) is 1. The van der Waals surface area contributed by atoms with Crippen molar-refractivity contribution >= 4 is 11.8 Å². The molecule has 2 aromatic heterocycles. The first-order valence-electron chi connectivity index (χ1n) is 7.71. The maximum atomic E-state index is 11.8. The van der Waals surface area contributed by atoms with Crippen LogP contribution in [0.1, 0.15) is 28.4 Å². The van der Waals surface area contributed by atoms with Crippen LogP contribution in [0.3, 0.4) is 0 Å². The van der Waals surface area contributed by atoms with Gasteiger partial charge in [0, 0.05) is 12.4 Å². The SMILES string of the molecule is CCOC(=O)c1cnn(Cc2ccc(Cn3cccn3)cc2)c1N. The number of ether oxygens (including phenoxy) is 1. The maximum Gasteiger partial charge on any atom is 0.343 e. The predicted molar refractivity (Wildman–Crippen MR) is 89.5 cm³/mol. The molecular formula is C17H19N5O2. The van der Waals surface area contributed by atoms with Gasteiger partial charge in [-0.2, -0.15) is 10.2 Å². The summed E-state index contributed by atoms with van der Waals surface area (Å²) in [5.74, 6) is -0.134. The van der Waals surface area contributed by atoms with Crippen LogP contribution < -0.4 is 5.73 Å². The van der Waals surface area contributed by atoms with Gasteiger partial charge in [-0.3, -0.25) is 4.68 Å². The van der Waals surface area contributed by atoms with Crippen LogP contribution >= 0.6 is 0 Å². The highest BCUT2D eigenvalue weighted by molar-refractivity contribution is 5.93. The molecule has 7 heteroatoms. The van der Waals surface area contributed by atoms with Gasteiger partial charge in [0.2, 0.25) is 0 Å². The lowest BCUT2D eigenvalue weighted by Crippen LogP contribution is -2.10. The van der Waals surface area contributed by atoms with Crippen LogP contribution in [0.25, 0.3) is 0 Å². The van der Waals surface area contributed by atoms with E-state index in [0.717, 1.165) is 17.7 Å². The average Bonchev–Trinajstić information content (AvgIpc) is 3.20. The van der Waals surface area contributed by atoms with Crippen LogP contribution in [0.2, 0.25) is 0 Å². The Labute approximate surface area is 139 Å².